The van der Waals surface area contributed by atoms with Gasteiger partial charge in [0.15, 0.2) is 0 Å². The van der Waals surface area contributed by atoms with E-state index in [1.54, 1.807) is 38.4 Å². The Morgan fingerprint density at radius 1 is 1.12 bits per heavy atom. The molecule has 4 rings (SSSR count). The number of hydrogen-bond acceptors (Lipinski definition) is 8. The van der Waals surface area contributed by atoms with Gasteiger partial charge in [-0.1, -0.05) is 24.3 Å². The smallest absolute Gasteiger partial charge is 0.246 e. The van der Waals surface area contributed by atoms with Crippen molar-refractivity contribution < 1.29 is 9.59 Å². The van der Waals surface area contributed by atoms with Crippen molar-refractivity contribution in [1.29, 1.82) is 5.26 Å². The first-order chi connectivity index (χ1) is 20.2. The Hall–Kier alpha value is -4.41. The molecule has 0 bridgehead atoms. The molecule has 3 atom stereocenters. The molecule has 0 radical (unpaired) electrons. The third-order valence-corrected chi connectivity index (χ3v) is 7.45. The normalized spacial score (nSPS) is 18.9. The van der Waals surface area contributed by atoms with Gasteiger partial charge in [-0.25, -0.2) is 4.98 Å². The zero-order chi connectivity index (χ0) is 30.1. The summed E-state index contributed by atoms with van der Waals surface area (Å²) in [6, 6.07) is 9.09. The second kappa shape index (κ2) is 14.5. The highest BCUT2D eigenvalue weighted by Crippen LogP contribution is 2.27. The van der Waals surface area contributed by atoms with Crippen LogP contribution in [0.3, 0.4) is 0 Å². The summed E-state index contributed by atoms with van der Waals surface area (Å²) < 4.78 is 0. The van der Waals surface area contributed by atoms with E-state index in [0.29, 0.717) is 29.9 Å². The van der Waals surface area contributed by atoms with Crippen molar-refractivity contribution in [1.82, 2.24) is 25.1 Å². The molecular weight excluding hydrogens is 528 g/mol. The molecule has 2 aromatic rings. The molecule has 10 heteroatoms. The molecular formula is C32H40N8O2. The van der Waals surface area contributed by atoms with E-state index in [0.717, 1.165) is 49.8 Å². The largest absolute Gasteiger partial charge is 0.366 e. The van der Waals surface area contributed by atoms with Crippen LogP contribution in [0.2, 0.25) is 0 Å². The average molecular weight is 569 g/mol. The molecule has 2 amide bonds. The van der Waals surface area contributed by atoms with Crippen LogP contribution >= 0.6 is 0 Å². The van der Waals surface area contributed by atoms with Crippen LogP contribution in [0.5, 0.6) is 0 Å². The van der Waals surface area contributed by atoms with Crippen molar-refractivity contribution >= 4 is 29.3 Å². The third-order valence-electron chi connectivity index (χ3n) is 7.45. The van der Waals surface area contributed by atoms with Gasteiger partial charge >= 0.3 is 0 Å². The number of likely N-dealkylation sites (N-methyl/N-ethyl adjacent to an activating group) is 2. The zero-order valence-electron chi connectivity index (χ0n) is 24.9. The summed E-state index contributed by atoms with van der Waals surface area (Å²) in [4.78, 5) is 38.0. The number of nitrogens with one attached hydrogen (secondary N) is 3. The molecule has 0 spiro atoms. The second-order valence-electron chi connectivity index (χ2n) is 11.3. The maximum Gasteiger partial charge on any atom is 0.246 e. The topological polar surface area (TPSA) is 126 Å². The fourth-order valence-corrected chi connectivity index (χ4v) is 4.62. The van der Waals surface area contributed by atoms with E-state index in [1.165, 1.54) is 11.0 Å². The summed E-state index contributed by atoms with van der Waals surface area (Å²) in [5, 5.41) is 18.8. The van der Waals surface area contributed by atoms with Crippen molar-refractivity contribution in [2.45, 2.75) is 63.6 Å². The van der Waals surface area contributed by atoms with Crippen LogP contribution in [-0.2, 0) is 9.59 Å². The zero-order valence-corrected chi connectivity index (χ0v) is 24.9. The van der Waals surface area contributed by atoms with Gasteiger partial charge in [0, 0.05) is 43.4 Å². The number of nitrogens with zero attached hydrogens (tertiary/aromatic N) is 5. The highest BCUT2D eigenvalue weighted by Gasteiger charge is 2.27. The van der Waals surface area contributed by atoms with Crippen molar-refractivity contribution in [3.63, 3.8) is 0 Å². The summed E-state index contributed by atoms with van der Waals surface area (Å²) in [6.07, 6.45) is 10.8. The van der Waals surface area contributed by atoms with Crippen LogP contribution in [0.15, 0.2) is 42.6 Å². The first-order valence-corrected chi connectivity index (χ1v) is 14.5. The van der Waals surface area contributed by atoms with Crippen LogP contribution in [-0.4, -0.2) is 77.4 Å². The standard InChI is InChI=1S/C32H40N8O2/c1-22(40(4)29(41)9-6-18-39(2)3)31(42)36-28-8-5-7-23(19-28)10-13-25-21-34-32(38-30(25)35-26-16-17-26)37-27-14-11-24(20-33)12-15-27/h6,9,11-12,14-15,21-23,26,28H,5,7-8,16-19H2,1-4H3,(H,36,42)(H2,34,35,37,38)/b9-6+/t22-,23-,28-/m0/s1. The number of amides is 2. The summed E-state index contributed by atoms with van der Waals surface area (Å²) in [6.45, 7) is 2.41. The number of rotatable bonds is 10. The minimum Gasteiger partial charge on any atom is -0.366 e. The molecule has 1 aromatic heterocycles. The van der Waals surface area contributed by atoms with Crippen LogP contribution in [0.4, 0.5) is 17.5 Å². The van der Waals surface area contributed by atoms with Crippen molar-refractivity contribution in [3.8, 4) is 17.9 Å². The predicted molar refractivity (Wildman–Crippen MR) is 164 cm³/mol. The van der Waals surface area contributed by atoms with Crippen LogP contribution in [0.25, 0.3) is 0 Å². The molecule has 2 aliphatic rings. The van der Waals surface area contributed by atoms with Gasteiger partial charge in [0.25, 0.3) is 0 Å². The van der Waals surface area contributed by atoms with Crippen LogP contribution < -0.4 is 16.0 Å². The summed E-state index contributed by atoms with van der Waals surface area (Å²) in [5.41, 5.74) is 2.13. The molecule has 220 valence electrons. The van der Waals surface area contributed by atoms with Crippen molar-refractivity contribution in [3.05, 3.63) is 53.7 Å². The summed E-state index contributed by atoms with van der Waals surface area (Å²) in [7, 11) is 5.52. The summed E-state index contributed by atoms with van der Waals surface area (Å²) >= 11 is 0. The monoisotopic (exact) mass is 568 g/mol. The lowest BCUT2D eigenvalue weighted by Gasteiger charge is -2.30. The number of carbonyl (C=O) groups is 2. The average Bonchev–Trinajstić information content (AvgIpc) is 3.80. The highest BCUT2D eigenvalue weighted by atomic mass is 16.2. The molecule has 42 heavy (non-hydrogen) atoms. The summed E-state index contributed by atoms with van der Waals surface area (Å²) in [5.74, 6) is 7.67. The van der Waals surface area contributed by atoms with Gasteiger partial charge in [0.2, 0.25) is 17.8 Å². The second-order valence-corrected chi connectivity index (χ2v) is 11.3. The highest BCUT2D eigenvalue weighted by molar-refractivity contribution is 5.92. The first-order valence-electron chi connectivity index (χ1n) is 14.5. The van der Waals surface area contributed by atoms with Gasteiger partial charge in [0.05, 0.1) is 23.4 Å². The lowest BCUT2D eigenvalue weighted by atomic mass is 9.86. The lowest BCUT2D eigenvalue weighted by Crippen LogP contribution is -2.49. The number of nitriles is 1. The first kappa shape index (κ1) is 30.5. The van der Waals surface area contributed by atoms with Gasteiger partial charge < -0.3 is 25.8 Å². The van der Waals surface area contributed by atoms with Gasteiger partial charge in [-0.15, -0.1) is 0 Å². The van der Waals surface area contributed by atoms with E-state index in [4.69, 9.17) is 5.26 Å². The molecule has 3 N–H and O–H groups in total. The molecule has 10 nitrogen and oxygen atoms in total. The number of aromatic nitrogens is 2. The molecule has 0 saturated heterocycles. The third kappa shape index (κ3) is 9.05. The van der Waals surface area contributed by atoms with E-state index in [-0.39, 0.29) is 23.8 Å². The Morgan fingerprint density at radius 3 is 2.57 bits per heavy atom. The Kier molecular flexibility index (Phi) is 10.5. The Labute approximate surface area is 248 Å². The van der Waals surface area contributed by atoms with E-state index < -0.39 is 6.04 Å². The predicted octanol–water partition coefficient (Wildman–Crippen LogP) is 3.66. The van der Waals surface area contributed by atoms with E-state index in [1.807, 2.05) is 31.1 Å². The SMILES string of the molecule is C[C@@H](C(=O)N[C@H]1CCC[C@@H](C#Cc2cnc(Nc3ccc(C#N)cc3)nc2NC2CC2)C1)N(C)C(=O)/C=C/CN(C)C. The number of anilines is 3. The number of benzene rings is 1. The van der Waals surface area contributed by atoms with Crippen LogP contribution in [0.1, 0.15) is 56.6 Å². The molecule has 1 aromatic carbocycles. The molecule has 1 heterocycles. The quantitative estimate of drug-likeness (QED) is 0.293. The van der Waals surface area contributed by atoms with Gasteiger partial charge in [-0.3, -0.25) is 9.59 Å². The molecule has 2 fully saturated rings. The van der Waals surface area contributed by atoms with E-state index in [2.05, 4.69) is 43.8 Å². The number of carbonyl (C=O) groups excluding carboxylic acids is 2. The van der Waals surface area contributed by atoms with Crippen molar-refractivity contribution in [2.24, 2.45) is 5.92 Å². The van der Waals surface area contributed by atoms with Crippen molar-refractivity contribution in [2.75, 3.05) is 38.3 Å². The lowest BCUT2D eigenvalue weighted by molar-refractivity contribution is -0.135. The Bertz CT molecular complexity index is 1380. The van der Waals surface area contributed by atoms with Gasteiger partial charge in [-0.2, -0.15) is 10.2 Å². The van der Waals surface area contributed by atoms with E-state index in [9.17, 15) is 9.59 Å². The molecule has 0 aliphatic heterocycles. The number of hydrogen-bond donors (Lipinski definition) is 3. The van der Waals surface area contributed by atoms with E-state index >= 15 is 0 Å². The fourth-order valence-electron chi connectivity index (χ4n) is 4.62. The van der Waals surface area contributed by atoms with Gasteiger partial charge in [-0.05, 0) is 77.4 Å². The fraction of sp³-hybridized carbons (Fsp3) is 0.469. The minimum atomic E-state index is -0.572. The van der Waals surface area contributed by atoms with Crippen LogP contribution in [0, 0.1) is 29.1 Å². The maximum absolute atomic E-state index is 13.0. The Morgan fingerprint density at radius 2 is 1.88 bits per heavy atom. The van der Waals surface area contributed by atoms with Gasteiger partial charge in [0.1, 0.15) is 11.9 Å². The molecule has 2 aliphatic carbocycles. The molecule has 0 unspecified atom stereocenters. The Balaban J connectivity index is 1.36. The maximum atomic E-state index is 13.0. The molecule has 2 saturated carbocycles. The minimum absolute atomic E-state index is 0.0140.